The predicted molar refractivity (Wildman–Crippen MR) is 94.1 cm³/mol. The first-order valence-corrected chi connectivity index (χ1v) is 8.59. The lowest BCUT2D eigenvalue weighted by atomic mass is 9.88. The van der Waals surface area contributed by atoms with E-state index >= 15 is 0 Å². The zero-order valence-corrected chi connectivity index (χ0v) is 14.6. The first-order valence-electron chi connectivity index (χ1n) is 7.83. The van der Waals surface area contributed by atoms with Gasteiger partial charge in [-0.25, -0.2) is 4.79 Å². The van der Waals surface area contributed by atoms with Crippen molar-refractivity contribution in [3.8, 4) is 0 Å². The highest BCUT2D eigenvalue weighted by Gasteiger charge is 2.57. The molecule has 0 spiro atoms. The number of hydrogen-bond acceptors (Lipinski definition) is 2. The van der Waals surface area contributed by atoms with Gasteiger partial charge >= 0.3 is 6.03 Å². The van der Waals surface area contributed by atoms with E-state index in [1.165, 1.54) is 4.90 Å². The highest BCUT2D eigenvalue weighted by molar-refractivity contribution is 6.50. The minimum atomic E-state index is -1.09. The Morgan fingerprint density at radius 3 is 2.54 bits per heavy atom. The number of halogens is 2. The standard InChI is InChI=1S/C18H16Cl2N2O2/c1-17(14-8-4-6-11-5-2-3-7-13(11)14)15(23)22(16(24)21-17)10-12-9-18(12,19)20/h2-8,12H,9-10H2,1H3,(H,21,24). The van der Waals surface area contributed by atoms with Crippen LogP contribution in [0.2, 0.25) is 0 Å². The zero-order valence-electron chi connectivity index (χ0n) is 13.1. The van der Waals surface area contributed by atoms with Crippen molar-refractivity contribution in [1.82, 2.24) is 10.2 Å². The van der Waals surface area contributed by atoms with E-state index in [1.807, 2.05) is 42.5 Å². The summed E-state index contributed by atoms with van der Waals surface area (Å²) in [4.78, 5) is 26.6. The summed E-state index contributed by atoms with van der Waals surface area (Å²) in [5, 5.41) is 4.83. The number of carbonyl (C=O) groups is 2. The van der Waals surface area contributed by atoms with E-state index in [0.29, 0.717) is 6.42 Å². The van der Waals surface area contributed by atoms with Gasteiger partial charge in [-0.15, -0.1) is 23.2 Å². The van der Waals surface area contributed by atoms with Crippen molar-refractivity contribution in [3.05, 3.63) is 48.0 Å². The smallest absolute Gasteiger partial charge is 0.319 e. The lowest BCUT2D eigenvalue weighted by Crippen LogP contribution is -2.41. The average molecular weight is 363 g/mol. The summed E-state index contributed by atoms with van der Waals surface area (Å²) in [6, 6.07) is 13.2. The number of hydrogen-bond donors (Lipinski definition) is 1. The summed E-state index contributed by atoms with van der Waals surface area (Å²) in [6.45, 7) is 1.99. The molecule has 1 N–H and O–H groups in total. The van der Waals surface area contributed by atoms with E-state index in [2.05, 4.69) is 5.32 Å². The largest absolute Gasteiger partial charge is 0.325 e. The molecule has 124 valence electrons. The zero-order chi connectivity index (χ0) is 17.1. The second-order valence-electron chi connectivity index (χ2n) is 6.66. The van der Waals surface area contributed by atoms with Crippen LogP contribution in [0.5, 0.6) is 0 Å². The number of rotatable bonds is 3. The first kappa shape index (κ1) is 15.7. The van der Waals surface area contributed by atoms with Gasteiger partial charge in [0.1, 0.15) is 9.87 Å². The Hall–Kier alpha value is -1.78. The normalized spacial score (nSPS) is 28.3. The number of urea groups is 1. The third-order valence-electron chi connectivity index (χ3n) is 4.96. The van der Waals surface area contributed by atoms with E-state index in [-0.39, 0.29) is 18.4 Å². The number of alkyl halides is 2. The second-order valence-corrected chi connectivity index (χ2v) is 8.20. The summed E-state index contributed by atoms with van der Waals surface area (Å²) >= 11 is 12.1. The van der Waals surface area contributed by atoms with Crippen molar-refractivity contribution in [3.63, 3.8) is 0 Å². The molecule has 3 amide bonds. The molecule has 1 aliphatic carbocycles. The van der Waals surface area contributed by atoms with Crippen molar-refractivity contribution in [1.29, 1.82) is 0 Å². The molecule has 2 aromatic rings. The minimum Gasteiger partial charge on any atom is -0.319 e. The molecule has 2 atom stereocenters. The van der Waals surface area contributed by atoms with E-state index in [4.69, 9.17) is 23.2 Å². The lowest BCUT2D eigenvalue weighted by Gasteiger charge is -2.24. The van der Waals surface area contributed by atoms with Gasteiger partial charge in [-0.05, 0) is 29.7 Å². The van der Waals surface area contributed by atoms with Crippen LogP contribution in [0, 0.1) is 5.92 Å². The Bertz CT molecular complexity index is 862. The number of nitrogens with zero attached hydrogens (tertiary/aromatic N) is 1. The van der Waals surface area contributed by atoms with Gasteiger partial charge in [0.25, 0.3) is 5.91 Å². The summed E-state index contributed by atoms with van der Waals surface area (Å²) in [7, 11) is 0. The minimum absolute atomic E-state index is 0.0644. The lowest BCUT2D eigenvalue weighted by molar-refractivity contribution is -0.131. The summed E-state index contributed by atoms with van der Waals surface area (Å²) in [6.07, 6.45) is 0.595. The van der Waals surface area contributed by atoms with Crippen molar-refractivity contribution in [2.24, 2.45) is 5.92 Å². The van der Waals surface area contributed by atoms with E-state index in [9.17, 15) is 9.59 Å². The number of imide groups is 1. The van der Waals surface area contributed by atoms with Crippen LogP contribution in [-0.4, -0.2) is 27.7 Å². The summed E-state index contributed by atoms with van der Waals surface area (Å²) in [5.74, 6) is -0.328. The van der Waals surface area contributed by atoms with Crippen molar-refractivity contribution < 1.29 is 9.59 Å². The Kier molecular flexibility index (Phi) is 3.35. The SMILES string of the molecule is CC1(c2cccc3ccccc23)NC(=O)N(CC2CC2(Cl)Cl)C1=O. The molecule has 1 saturated carbocycles. The van der Waals surface area contributed by atoms with Gasteiger partial charge in [-0.1, -0.05) is 42.5 Å². The fraction of sp³-hybridized carbons (Fsp3) is 0.333. The van der Waals surface area contributed by atoms with Gasteiger partial charge < -0.3 is 5.32 Å². The quantitative estimate of drug-likeness (QED) is 0.666. The Morgan fingerprint density at radius 2 is 1.83 bits per heavy atom. The van der Waals surface area contributed by atoms with E-state index in [0.717, 1.165) is 16.3 Å². The molecular weight excluding hydrogens is 347 g/mol. The van der Waals surface area contributed by atoms with Crippen LogP contribution >= 0.6 is 23.2 Å². The highest BCUT2D eigenvalue weighted by Crippen LogP contribution is 2.53. The second kappa shape index (κ2) is 5.11. The Balaban J connectivity index is 1.72. The fourth-order valence-electron chi connectivity index (χ4n) is 3.39. The number of nitrogens with one attached hydrogen (secondary N) is 1. The van der Waals surface area contributed by atoms with Gasteiger partial charge in [0.05, 0.1) is 0 Å². The number of amides is 3. The topological polar surface area (TPSA) is 49.4 Å². The van der Waals surface area contributed by atoms with Crippen molar-refractivity contribution >= 4 is 45.9 Å². The number of benzene rings is 2. The molecule has 0 bridgehead atoms. The maximum absolute atomic E-state index is 13.0. The van der Waals surface area contributed by atoms with Gasteiger partial charge in [0, 0.05) is 12.5 Å². The molecule has 1 saturated heterocycles. The average Bonchev–Trinajstić information content (AvgIpc) is 3.10. The van der Waals surface area contributed by atoms with Crippen LogP contribution in [0.3, 0.4) is 0 Å². The predicted octanol–water partition coefficient (Wildman–Crippen LogP) is 3.80. The first-order chi connectivity index (χ1) is 11.3. The summed E-state index contributed by atoms with van der Waals surface area (Å²) < 4.78 is -0.820. The molecule has 2 aromatic carbocycles. The van der Waals surface area contributed by atoms with Crippen LogP contribution in [0.1, 0.15) is 18.9 Å². The number of fused-ring (bicyclic) bond motifs is 1. The molecule has 2 fully saturated rings. The molecule has 4 rings (SSSR count). The van der Waals surface area contributed by atoms with Crippen LogP contribution in [0.4, 0.5) is 4.79 Å². The Labute approximate surface area is 149 Å². The van der Waals surface area contributed by atoms with Crippen LogP contribution in [0.15, 0.2) is 42.5 Å². The summed E-state index contributed by atoms with van der Waals surface area (Å²) in [5.41, 5.74) is -0.297. The number of carbonyl (C=O) groups excluding carboxylic acids is 2. The molecule has 24 heavy (non-hydrogen) atoms. The Morgan fingerprint density at radius 1 is 1.17 bits per heavy atom. The fourth-order valence-corrected chi connectivity index (χ4v) is 3.91. The molecule has 1 aliphatic heterocycles. The molecule has 2 aliphatic rings. The van der Waals surface area contributed by atoms with Gasteiger partial charge in [-0.3, -0.25) is 9.69 Å². The van der Waals surface area contributed by atoms with Crippen molar-refractivity contribution in [2.75, 3.05) is 6.54 Å². The molecule has 4 nitrogen and oxygen atoms in total. The monoisotopic (exact) mass is 362 g/mol. The van der Waals surface area contributed by atoms with E-state index in [1.54, 1.807) is 6.92 Å². The third kappa shape index (κ3) is 2.28. The molecular formula is C18H16Cl2N2O2. The molecule has 0 aromatic heterocycles. The van der Waals surface area contributed by atoms with Gasteiger partial charge in [0.2, 0.25) is 0 Å². The van der Waals surface area contributed by atoms with Gasteiger partial charge in [0.15, 0.2) is 0 Å². The van der Waals surface area contributed by atoms with Crippen LogP contribution in [0.25, 0.3) is 10.8 Å². The molecule has 0 radical (unpaired) electrons. The van der Waals surface area contributed by atoms with Crippen molar-refractivity contribution in [2.45, 2.75) is 23.2 Å². The maximum atomic E-state index is 13.0. The van der Waals surface area contributed by atoms with Crippen LogP contribution in [-0.2, 0) is 10.3 Å². The van der Waals surface area contributed by atoms with Gasteiger partial charge in [-0.2, -0.15) is 0 Å². The maximum Gasteiger partial charge on any atom is 0.325 e. The third-order valence-corrected chi connectivity index (χ3v) is 5.89. The van der Waals surface area contributed by atoms with E-state index < -0.39 is 15.9 Å². The molecule has 6 heteroatoms. The highest BCUT2D eigenvalue weighted by atomic mass is 35.5. The molecule has 1 heterocycles. The molecule has 2 unspecified atom stereocenters. The van der Waals surface area contributed by atoms with Crippen LogP contribution < -0.4 is 5.32 Å².